The van der Waals surface area contributed by atoms with Crippen LogP contribution in [0.1, 0.15) is 33.3 Å². The van der Waals surface area contributed by atoms with Crippen LogP contribution in [-0.2, 0) is 20.9 Å². The van der Waals surface area contributed by atoms with Crippen molar-refractivity contribution in [3.8, 4) is 0 Å². The van der Waals surface area contributed by atoms with E-state index in [2.05, 4.69) is 15.9 Å². The lowest BCUT2D eigenvalue weighted by atomic mass is 9.79. The lowest BCUT2D eigenvalue weighted by molar-refractivity contribution is -0.160. The molecule has 4 nitrogen and oxygen atoms in total. The number of esters is 1. The highest BCUT2D eigenvalue weighted by Gasteiger charge is 2.40. The minimum absolute atomic E-state index is 0.205. The minimum atomic E-state index is -0.787. The molecule has 0 aliphatic carbocycles. The fraction of sp³-hybridized carbons (Fsp3) is 0.600. The molecule has 1 amide bonds. The van der Waals surface area contributed by atoms with Crippen LogP contribution in [0.15, 0.2) is 15.2 Å². The highest BCUT2D eigenvalue weighted by atomic mass is 79.9. The summed E-state index contributed by atoms with van der Waals surface area (Å²) in [6, 6.07) is 1.98. The third kappa shape index (κ3) is 5.11. The Morgan fingerprint density at radius 2 is 2.05 bits per heavy atom. The largest absolute Gasteiger partial charge is 0.465 e. The number of rotatable bonds is 5. The zero-order chi connectivity index (χ0) is 16.2. The second-order valence-corrected chi connectivity index (χ2v) is 8.29. The molecule has 118 valence electrons. The van der Waals surface area contributed by atoms with Gasteiger partial charge in [-0.25, -0.2) is 0 Å². The topological polar surface area (TPSA) is 46.6 Å². The van der Waals surface area contributed by atoms with E-state index < -0.39 is 17.3 Å². The third-order valence-electron chi connectivity index (χ3n) is 3.05. The molecule has 0 radical (unpaired) electrons. The molecule has 0 aliphatic rings. The van der Waals surface area contributed by atoms with Gasteiger partial charge >= 0.3 is 5.97 Å². The predicted molar refractivity (Wildman–Crippen MR) is 88.1 cm³/mol. The smallest absolute Gasteiger partial charge is 0.319 e. The Bertz CT molecular complexity index is 507. The average Bonchev–Trinajstić information content (AvgIpc) is 2.73. The van der Waals surface area contributed by atoms with Gasteiger partial charge in [0.25, 0.3) is 0 Å². The number of hydrogen-bond donors (Lipinski definition) is 0. The summed E-state index contributed by atoms with van der Waals surface area (Å²) >= 11 is 4.98. The van der Waals surface area contributed by atoms with Crippen molar-refractivity contribution in [2.24, 2.45) is 11.3 Å². The number of ether oxygens (including phenoxy) is 1. The Morgan fingerprint density at radius 3 is 2.48 bits per heavy atom. The van der Waals surface area contributed by atoms with Crippen molar-refractivity contribution >= 4 is 39.1 Å². The van der Waals surface area contributed by atoms with Crippen LogP contribution in [0, 0.1) is 11.3 Å². The molecule has 0 saturated carbocycles. The van der Waals surface area contributed by atoms with E-state index in [9.17, 15) is 9.59 Å². The molecule has 0 spiro atoms. The first kappa shape index (κ1) is 18.2. The number of carbonyl (C=O) groups is 2. The number of thiophene rings is 1. The van der Waals surface area contributed by atoms with Crippen LogP contribution in [0.2, 0.25) is 0 Å². The Morgan fingerprint density at radius 1 is 1.43 bits per heavy atom. The number of amides is 1. The van der Waals surface area contributed by atoms with E-state index in [0.29, 0.717) is 6.54 Å². The van der Waals surface area contributed by atoms with Gasteiger partial charge < -0.3 is 9.64 Å². The molecule has 0 fully saturated rings. The van der Waals surface area contributed by atoms with Crippen molar-refractivity contribution in [1.82, 2.24) is 4.90 Å². The summed E-state index contributed by atoms with van der Waals surface area (Å²) in [4.78, 5) is 26.3. The fourth-order valence-corrected chi connectivity index (χ4v) is 3.25. The Balaban J connectivity index is 2.86. The molecule has 0 aromatic carbocycles. The van der Waals surface area contributed by atoms with Crippen molar-refractivity contribution in [2.45, 2.75) is 34.2 Å². The van der Waals surface area contributed by atoms with Gasteiger partial charge in [-0.15, -0.1) is 11.3 Å². The molecule has 0 bridgehead atoms. The maximum atomic E-state index is 12.6. The molecular formula is C15H22BrNO3S. The van der Waals surface area contributed by atoms with Crippen molar-refractivity contribution in [1.29, 1.82) is 0 Å². The molecule has 6 heteroatoms. The van der Waals surface area contributed by atoms with Gasteiger partial charge in [-0.05, 0) is 45.3 Å². The summed E-state index contributed by atoms with van der Waals surface area (Å²) in [5, 5.41) is 1.99. The maximum Gasteiger partial charge on any atom is 0.319 e. The van der Waals surface area contributed by atoms with Crippen molar-refractivity contribution < 1.29 is 14.3 Å². The highest BCUT2D eigenvalue weighted by molar-refractivity contribution is 9.11. The molecule has 1 aromatic heterocycles. The molecule has 21 heavy (non-hydrogen) atoms. The SMILES string of the molecule is CCOC(=O)C(C(=O)N(C)Cc1csc(Br)c1)C(C)(C)C. The Kier molecular flexibility index (Phi) is 6.41. The van der Waals surface area contributed by atoms with Gasteiger partial charge in [-0.3, -0.25) is 9.59 Å². The molecule has 1 unspecified atom stereocenters. The second kappa shape index (κ2) is 7.40. The summed E-state index contributed by atoms with van der Waals surface area (Å²) in [5.41, 5.74) is 0.562. The van der Waals surface area contributed by atoms with Crippen LogP contribution in [0.3, 0.4) is 0 Å². The first-order valence-electron chi connectivity index (χ1n) is 6.81. The van der Waals surface area contributed by atoms with E-state index >= 15 is 0 Å². The Labute approximate surface area is 138 Å². The molecule has 0 N–H and O–H groups in total. The van der Waals surface area contributed by atoms with E-state index in [0.717, 1.165) is 9.35 Å². The van der Waals surface area contributed by atoms with Gasteiger partial charge in [0, 0.05) is 13.6 Å². The van der Waals surface area contributed by atoms with Crippen molar-refractivity contribution in [3.05, 3.63) is 20.8 Å². The van der Waals surface area contributed by atoms with E-state index in [1.165, 1.54) is 0 Å². The summed E-state index contributed by atoms with van der Waals surface area (Å²) in [6.45, 7) is 8.13. The second-order valence-electron chi connectivity index (χ2n) is 6.00. The van der Waals surface area contributed by atoms with Gasteiger partial charge in [0.2, 0.25) is 5.91 Å². The molecule has 0 aliphatic heterocycles. The normalized spacial score (nSPS) is 12.9. The number of halogens is 1. The molecular weight excluding hydrogens is 354 g/mol. The average molecular weight is 376 g/mol. The summed E-state index contributed by atoms with van der Waals surface area (Å²) in [5.74, 6) is -1.44. The summed E-state index contributed by atoms with van der Waals surface area (Å²) in [6.07, 6.45) is 0. The zero-order valence-electron chi connectivity index (χ0n) is 13.1. The maximum absolute atomic E-state index is 12.6. The zero-order valence-corrected chi connectivity index (χ0v) is 15.5. The number of carbonyl (C=O) groups excluding carboxylic acids is 2. The predicted octanol–water partition coefficient (Wildman–Crippen LogP) is 3.69. The van der Waals surface area contributed by atoms with E-state index in [1.807, 2.05) is 32.2 Å². The van der Waals surface area contributed by atoms with Crippen molar-refractivity contribution in [3.63, 3.8) is 0 Å². The molecule has 1 rings (SSSR count). The van der Waals surface area contributed by atoms with Crippen LogP contribution < -0.4 is 0 Å². The summed E-state index contributed by atoms with van der Waals surface area (Å²) < 4.78 is 6.09. The minimum Gasteiger partial charge on any atom is -0.465 e. The third-order valence-corrected chi connectivity index (χ3v) is 4.61. The quantitative estimate of drug-likeness (QED) is 0.582. The van der Waals surface area contributed by atoms with Crippen LogP contribution in [0.4, 0.5) is 0 Å². The summed E-state index contributed by atoms with van der Waals surface area (Å²) in [7, 11) is 1.71. The van der Waals surface area contributed by atoms with E-state index in [4.69, 9.17) is 4.74 Å². The van der Waals surface area contributed by atoms with Gasteiger partial charge in [-0.2, -0.15) is 0 Å². The first-order valence-corrected chi connectivity index (χ1v) is 8.48. The van der Waals surface area contributed by atoms with E-state index in [1.54, 1.807) is 30.2 Å². The first-order chi connectivity index (χ1) is 9.66. The lowest BCUT2D eigenvalue weighted by Gasteiger charge is -2.31. The highest BCUT2D eigenvalue weighted by Crippen LogP contribution is 2.29. The van der Waals surface area contributed by atoms with Gasteiger partial charge in [0.1, 0.15) is 5.92 Å². The van der Waals surface area contributed by atoms with Crippen molar-refractivity contribution in [2.75, 3.05) is 13.7 Å². The van der Waals surface area contributed by atoms with Gasteiger partial charge in [0.05, 0.1) is 10.4 Å². The van der Waals surface area contributed by atoms with Gasteiger partial charge in [-0.1, -0.05) is 20.8 Å². The number of hydrogen-bond acceptors (Lipinski definition) is 4. The fourth-order valence-electron chi connectivity index (χ4n) is 2.05. The molecule has 0 saturated heterocycles. The lowest BCUT2D eigenvalue weighted by Crippen LogP contribution is -2.44. The molecule has 1 heterocycles. The molecule has 1 atom stereocenters. The van der Waals surface area contributed by atoms with Crippen LogP contribution >= 0.6 is 27.3 Å². The Hall–Kier alpha value is -0.880. The van der Waals surface area contributed by atoms with E-state index in [-0.39, 0.29) is 12.5 Å². The molecule has 1 aromatic rings. The standard InChI is InChI=1S/C15H22BrNO3S/c1-6-20-14(19)12(15(2,3)4)13(18)17(5)8-10-7-11(16)21-9-10/h7,9,12H,6,8H2,1-5H3. The monoisotopic (exact) mass is 375 g/mol. The van der Waals surface area contributed by atoms with Crippen LogP contribution in [0.25, 0.3) is 0 Å². The number of nitrogens with zero attached hydrogens (tertiary/aromatic N) is 1. The van der Waals surface area contributed by atoms with Crippen LogP contribution in [0.5, 0.6) is 0 Å². The van der Waals surface area contributed by atoms with Crippen LogP contribution in [-0.4, -0.2) is 30.4 Å². The van der Waals surface area contributed by atoms with Gasteiger partial charge in [0.15, 0.2) is 0 Å².